The highest BCUT2D eigenvalue weighted by Crippen LogP contribution is 2.30. The molecule has 0 aliphatic carbocycles. The number of aromatic nitrogens is 4. The average molecular weight is 510 g/mol. The summed E-state index contributed by atoms with van der Waals surface area (Å²) in [4.78, 5) is 33.7. The predicted molar refractivity (Wildman–Crippen MR) is 134 cm³/mol. The second-order valence-electron chi connectivity index (χ2n) is 7.82. The SMILES string of the molecule is CNC(=O)c1cc(-c2cnc(OC)c(C(=O)NCCC(O)c3ccc(Cl)cc3)c2)n2ncnc(N)c12. The average Bonchev–Trinajstić information content (AvgIpc) is 3.29. The van der Waals surface area contributed by atoms with Crippen molar-refractivity contribution in [2.24, 2.45) is 0 Å². The molecule has 1 atom stereocenters. The van der Waals surface area contributed by atoms with Crippen molar-refractivity contribution in [3.8, 4) is 17.1 Å². The smallest absolute Gasteiger partial charge is 0.256 e. The molecule has 1 unspecified atom stereocenters. The van der Waals surface area contributed by atoms with Gasteiger partial charge in [-0.15, -0.1) is 0 Å². The van der Waals surface area contributed by atoms with Crippen molar-refractivity contribution in [2.75, 3.05) is 26.4 Å². The molecule has 3 aromatic heterocycles. The lowest BCUT2D eigenvalue weighted by Gasteiger charge is -2.13. The quantitative estimate of drug-likeness (QED) is 0.281. The number of nitrogen functional groups attached to an aromatic ring is 1. The summed E-state index contributed by atoms with van der Waals surface area (Å²) in [5.41, 5.74) is 8.50. The Labute approximate surface area is 211 Å². The first kappa shape index (κ1) is 24.9. The third-order valence-electron chi connectivity index (χ3n) is 5.60. The third kappa shape index (κ3) is 4.92. The van der Waals surface area contributed by atoms with Gasteiger partial charge in [0.05, 0.1) is 24.5 Å². The van der Waals surface area contributed by atoms with Crippen LogP contribution in [-0.4, -0.2) is 57.2 Å². The van der Waals surface area contributed by atoms with Crippen LogP contribution >= 0.6 is 11.6 Å². The van der Waals surface area contributed by atoms with E-state index >= 15 is 0 Å². The standard InChI is InChI=1S/C24H24ClN7O4/c1-27-22(34)16-10-18(32-20(16)21(26)30-12-31-32)14-9-17(24(36-2)29-11-14)23(35)28-8-7-19(33)13-3-5-15(25)6-4-13/h3-6,9-12,19,33H,7-8H2,1-2H3,(H,27,34)(H,28,35)(H2,26,30,31). The normalized spacial score (nSPS) is 11.8. The van der Waals surface area contributed by atoms with E-state index < -0.39 is 12.0 Å². The number of nitrogens with zero attached hydrogens (tertiary/aromatic N) is 4. The van der Waals surface area contributed by atoms with Gasteiger partial charge in [-0.25, -0.2) is 14.5 Å². The summed E-state index contributed by atoms with van der Waals surface area (Å²) in [6.45, 7) is 0.203. The molecular weight excluding hydrogens is 486 g/mol. The molecule has 4 rings (SSSR count). The number of carbonyl (C=O) groups excluding carboxylic acids is 2. The van der Waals surface area contributed by atoms with Crippen molar-refractivity contribution in [2.45, 2.75) is 12.5 Å². The van der Waals surface area contributed by atoms with Crippen LogP contribution < -0.4 is 21.1 Å². The zero-order chi connectivity index (χ0) is 25.8. The Kier molecular flexibility index (Phi) is 7.32. The summed E-state index contributed by atoms with van der Waals surface area (Å²) in [7, 11) is 2.92. The summed E-state index contributed by atoms with van der Waals surface area (Å²) in [6.07, 6.45) is 2.30. The topological polar surface area (TPSA) is 157 Å². The van der Waals surface area contributed by atoms with Crippen molar-refractivity contribution in [3.63, 3.8) is 0 Å². The summed E-state index contributed by atoms with van der Waals surface area (Å²) in [5, 5.41) is 20.5. The highest BCUT2D eigenvalue weighted by Gasteiger charge is 2.22. The number of aliphatic hydroxyl groups excluding tert-OH is 1. The Morgan fingerprint density at radius 2 is 1.92 bits per heavy atom. The van der Waals surface area contributed by atoms with E-state index in [4.69, 9.17) is 22.1 Å². The molecule has 0 bridgehead atoms. The molecular formula is C24H24ClN7O4. The van der Waals surface area contributed by atoms with Crippen LogP contribution in [0.3, 0.4) is 0 Å². The summed E-state index contributed by atoms with van der Waals surface area (Å²) in [5.74, 6) is -0.547. The minimum atomic E-state index is -0.769. The summed E-state index contributed by atoms with van der Waals surface area (Å²) >= 11 is 5.89. The van der Waals surface area contributed by atoms with Crippen molar-refractivity contribution in [1.29, 1.82) is 0 Å². The molecule has 4 aromatic rings. The fraction of sp³-hybridized carbons (Fsp3) is 0.208. The second kappa shape index (κ2) is 10.6. The number of halogens is 1. The van der Waals surface area contributed by atoms with Crippen molar-refractivity contribution >= 4 is 34.7 Å². The molecule has 0 radical (unpaired) electrons. The number of methoxy groups -OCH3 is 1. The van der Waals surface area contributed by atoms with Crippen LogP contribution in [0, 0.1) is 0 Å². The maximum Gasteiger partial charge on any atom is 0.256 e. The maximum absolute atomic E-state index is 13.0. The molecule has 0 fully saturated rings. The first-order chi connectivity index (χ1) is 17.3. The lowest BCUT2D eigenvalue weighted by molar-refractivity contribution is 0.0936. The first-order valence-corrected chi connectivity index (χ1v) is 11.3. The molecule has 5 N–H and O–H groups in total. The lowest BCUT2D eigenvalue weighted by Crippen LogP contribution is -2.26. The van der Waals surface area contributed by atoms with Crippen LogP contribution in [0.15, 0.2) is 48.9 Å². The van der Waals surface area contributed by atoms with E-state index in [0.717, 1.165) is 0 Å². The van der Waals surface area contributed by atoms with Crippen molar-refractivity contribution < 1.29 is 19.4 Å². The summed E-state index contributed by atoms with van der Waals surface area (Å²) in [6, 6.07) is 10.0. The van der Waals surface area contributed by atoms with E-state index in [0.29, 0.717) is 27.4 Å². The number of hydrogen-bond acceptors (Lipinski definition) is 8. The highest BCUT2D eigenvalue weighted by molar-refractivity contribution is 6.30. The number of ether oxygens (including phenoxy) is 1. The zero-order valence-corrected chi connectivity index (χ0v) is 20.3. The van der Waals surface area contributed by atoms with Gasteiger partial charge >= 0.3 is 0 Å². The van der Waals surface area contributed by atoms with Gasteiger partial charge < -0.3 is 26.2 Å². The molecule has 0 saturated carbocycles. The number of aliphatic hydroxyl groups is 1. The van der Waals surface area contributed by atoms with Crippen LogP contribution in [0.4, 0.5) is 5.82 Å². The van der Waals surface area contributed by atoms with Gasteiger partial charge in [0.2, 0.25) is 5.88 Å². The Morgan fingerprint density at radius 3 is 2.61 bits per heavy atom. The van der Waals surface area contributed by atoms with E-state index in [-0.39, 0.29) is 41.7 Å². The van der Waals surface area contributed by atoms with Gasteiger partial charge in [-0.2, -0.15) is 5.10 Å². The minimum Gasteiger partial charge on any atom is -0.480 e. The fourth-order valence-electron chi connectivity index (χ4n) is 3.77. The molecule has 0 aliphatic heterocycles. The molecule has 186 valence electrons. The highest BCUT2D eigenvalue weighted by atomic mass is 35.5. The van der Waals surface area contributed by atoms with E-state index in [1.165, 1.54) is 31.2 Å². The van der Waals surface area contributed by atoms with Gasteiger partial charge in [0.1, 0.15) is 17.4 Å². The lowest BCUT2D eigenvalue weighted by atomic mass is 10.1. The molecule has 36 heavy (non-hydrogen) atoms. The van der Waals surface area contributed by atoms with E-state index in [9.17, 15) is 14.7 Å². The number of fused-ring (bicyclic) bond motifs is 1. The number of anilines is 1. The number of nitrogens with two attached hydrogens (primary N) is 1. The van der Waals surface area contributed by atoms with Crippen molar-refractivity contribution in [1.82, 2.24) is 30.2 Å². The van der Waals surface area contributed by atoms with Crippen LogP contribution in [0.25, 0.3) is 16.8 Å². The van der Waals surface area contributed by atoms with Gasteiger partial charge in [0.15, 0.2) is 5.82 Å². The molecule has 0 aliphatic rings. The number of benzene rings is 1. The van der Waals surface area contributed by atoms with E-state index in [1.807, 2.05) is 0 Å². The van der Waals surface area contributed by atoms with Crippen LogP contribution in [0.1, 0.15) is 38.8 Å². The number of carbonyl (C=O) groups is 2. The summed E-state index contributed by atoms with van der Waals surface area (Å²) < 4.78 is 6.76. The van der Waals surface area contributed by atoms with E-state index in [2.05, 4.69) is 25.7 Å². The Morgan fingerprint density at radius 1 is 1.17 bits per heavy atom. The van der Waals surface area contributed by atoms with Crippen molar-refractivity contribution in [3.05, 3.63) is 70.6 Å². The van der Waals surface area contributed by atoms with Gasteiger partial charge in [0.25, 0.3) is 11.8 Å². The van der Waals surface area contributed by atoms with Gasteiger partial charge in [-0.1, -0.05) is 23.7 Å². The van der Waals surface area contributed by atoms with Gasteiger partial charge in [-0.3, -0.25) is 9.59 Å². The van der Waals surface area contributed by atoms with E-state index in [1.54, 1.807) is 36.4 Å². The Balaban J connectivity index is 1.60. The molecule has 0 saturated heterocycles. The fourth-order valence-corrected chi connectivity index (χ4v) is 3.89. The molecule has 11 nitrogen and oxygen atoms in total. The molecule has 3 heterocycles. The Hall–Kier alpha value is -4.22. The monoisotopic (exact) mass is 509 g/mol. The molecule has 2 amide bonds. The number of pyridine rings is 1. The number of amides is 2. The first-order valence-electron chi connectivity index (χ1n) is 10.9. The van der Waals surface area contributed by atoms with Crippen LogP contribution in [0.5, 0.6) is 5.88 Å². The zero-order valence-electron chi connectivity index (χ0n) is 19.5. The molecule has 12 heteroatoms. The largest absolute Gasteiger partial charge is 0.480 e. The van der Waals surface area contributed by atoms with Crippen LogP contribution in [-0.2, 0) is 0 Å². The molecule has 0 spiro atoms. The number of hydrogen-bond donors (Lipinski definition) is 4. The predicted octanol–water partition coefficient (Wildman–Crippen LogP) is 2.25. The van der Waals surface area contributed by atoms with Crippen LogP contribution in [0.2, 0.25) is 5.02 Å². The third-order valence-corrected chi connectivity index (χ3v) is 5.85. The Bertz CT molecular complexity index is 1420. The van der Waals surface area contributed by atoms with Gasteiger partial charge in [-0.05, 0) is 36.2 Å². The van der Waals surface area contributed by atoms with Gasteiger partial charge in [0, 0.05) is 30.4 Å². The second-order valence-corrected chi connectivity index (χ2v) is 8.26. The maximum atomic E-state index is 13.0. The number of rotatable bonds is 8. The number of nitrogens with one attached hydrogen (secondary N) is 2. The minimum absolute atomic E-state index is 0.121. The molecule has 1 aromatic carbocycles.